The lowest BCUT2D eigenvalue weighted by Gasteiger charge is -1.87. The van der Waals surface area contributed by atoms with Crippen LogP contribution in [0.4, 0.5) is 0 Å². The van der Waals surface area contributed by atoms with Crippen LogP contribution in [-0.4, -0.2) is 5.78 Å². The first-order valence-corrected chi connectivity index (χ1v) is 4.06. The molecule has 2 nitrogen and oxygen atoms in total. The molecule has 0 unspecified atom stereocenters. The average molecular weight is 192 g/mol. The van der Waals surface area contributed by atoms with E-state index in [9.17, 15) is 4.79 Å². The second-order valence-electron chi connectivity index (χ2n) is 2.33. The zero-order valence-electron chi connectivity index (χ0n) is 6.50. The van der Waals surface area contributed by atoms with Gasteiger partial charge >= 0.3 is 0 Å². The zero-order valence-corrected chi connectivity index (χ0v) is 8.08. The average Bonchev–Trinajstić information content (AvgIpc) is 2.15. The largest absolute Gasteiger partial charge is 1.00 e. The number of thiazole rings is 1. The fourth-order valence-electron chi connectivity index (χ4n) is 0.755. The molecule has 0 aliphatic heterocycles. The van der Waals surface area contributed by atoms with Gasteiger partial charge in [0.1, 0.15) is 0 Å². The molecule has 0 aromatic carbocycles. The van der Waals surface area contributed by atoms with Crippen molar-refractivity contribution in [2.45, 2.75) is 20.4 Å². The summed E-state index contributed by atoms with van der Waals surface area (Å²) in [5.74, 6) is 0.200. The molecular formula is C7H10ClNOS. The molecule has 1 heterocycles. The molecule has 1 rings (SSSR count). The van der Waals surface area contributed by atoms with E-state index in [2.05, 4.69) is 0 Å². The number of nitrogens with zero attached hydrogens (tertiary/aromatic N) is 1. The summed E-state index contributed by atoms with van der Waals surface area (Å²) in [5.41, 5.74) is 3.11. The van der Waals surface area contributed by atoms with Crippen molar-refractivity contribution in [3.05, 3.63) is 16.6 Å². The summed E-state index contributed by atoms with van der Waals surface area (Å²) in [6.45, 7) is 4.11. The molecule has 0 fully saturated rings. The molecule has 0 amide bonds. The van der Waals surface area contributed by atoms with E-state index in [0.717, 1.165) is 5.69 Å². The summed E-state index contributed by atoms with van der Waals surface area (Å²) in [7, 11) is 0. The molecule has 0 radical (unpaired) electrons. The van der Waals surface area contributed by atoms with E-state index in [4.69, 9.17) is 0 Å². The van der Waals surface area contributed by atoms with Gasteiger partial charge in [-0.05, 0) is 0 Å². The van der Waals surface area contributed by atoms with Crippen molar-refractivity contribution in [3.8, 4) is 0 Å². The Morgan fingerprint density at radius 1 is 1.73 bits per heavy atom. The third kappa shape index (κ3) is 2.99. The molecule has 4 heteroatoms. The molecule has 1 aromatic heterocycles. The molecular weight excluding hydrogens is 182 g/mol. The van der Waals surface area contributed by atoms with Crippen LogP contribution in [0.3, 0.4) is 0 Å². The Hall–Kier alpha value is -0.410. The molecule has 0 N–H and O–H groups in total. The summed E-state index contributed by atoms with van der Waals surface area (Å²) < 4.78 is 1.95. The molecule has 0 saturated heterocycles. The summed E-state index contributed by atoms with van der Waals surface area (Å²) in [6, 6.07) is 0. The van der Waals surface area contributed by atoms with Crippen LogP contribution in [0.5, 0.6) is 0 Å². The van der Waals surface area contributed by atoms with E-state index in [1.807, 2.05) is 22.4 Å². The van der Waals surface area contributed by atoms with Gasteiger partial charge in [0.25, 0.3) is 0 Å². The number of rotatable bonds is 2. The van der Waals surface area contributed by atoms with Crippen molar-refractivity contribution in [1.29, 1.82) is 0 Å². The van der Waals surface area contributed by atoms with Gasteiger partial charge in [0.05, 0.1) is 5.38 Å². The van der Waals surface area contributed by atoms with Gasteiger partial charge < -0.3 is 12.4 Å². The molecule has 0 spiro atoms. The van der Waals surface area contributed by atoms with Gasteiger partial charge in [-0.3, -0.25) is 4.79 Å². The van der Waals surface area contributed by atoms with E-state index in [-0.39, 0.29) is 18.2 Å². The normalized spacial score (nSPS) is 8.91. The van der Waals surface area contributed by atoms with Crippen LogP contribution in [0, 0.1) is 6.92 Å². The third-order valence-electron chi connectivity index (χ3n) is 1.27. The van der Waals surface area contributed by atoms with Gasteiger partial charge in [0, 0.05) is 13.8 Å². The van der Waals surface area contributed by atoms with E-state index in [1.54, 1.807) is 18.3 Å². The molecule has 0 aliphatic rings. The van der Waals surface area contributed by atoms with Crippen molar-refractivity contribution in [2.75, 3.05) is 0 Å². The van der Waals surface area contributed by atoms with Gasteiger partial charge in [-0.2, -0.15) is 4.57 Å². The standard InChI is InChI=1S/C7H10NOS.ClH/c1-6-4-10-5-8(6)3-7(2)9;/h4-5H,3H2,1-2H3;1H/q+1;/p-1. The van der Waals surface area contributed by atoms with Gasteiger partial charge in [0.15, 0.2) is 11.5 Å². The number of aromatic nitrogens is 1. The quantitative estimate of drug-likeness (QED) is 0.493. The number of ketones is 1. The highest BCUT2D eigenvalue weighted by Crippen LogP contribution is 1.95. The summed E-state index contributed by atoms with van der Waals surface area (Å²) in [4.78, 5) is 10.6. The predicted molar refractivity (Wildman–Crippen MR) is 39.9 cm³/mol. The smallest absolute Gasteiger partial charge is 0.225 e. The molecule has 62 valence electrons. The van der Waals surface area contributed by atoms with Crippen LogP contribution in [0.15, 0.2) is 10.9 Å². The van der Waals surface area contributed by atoms with E-state index in [1.165, 1.54) is 0 Å². The minimum Gasteiger partial charge on any atom is -1.00 e. The van der Waals surface area contributed by atoms with Crippen LogP contribution in [0.2, 0.25) is 0 Å². The first-order chi connectivity index (χ1) is 4.70. The highest BCUT2D eigenvalue weighted by Gasteiger charge is 2.08. The number of hydrogen-bond acceptors (Lipinski definition) is 2. The maximum Gasteiger partial charge on any atom is 0.225 e. The van der Waals surface area contributed by atoms with E-state index >= 15 is 0 Å². The number of hydrogen-bond donors (Lipinski definition) is 0. The number of carbonyl (C=O) groups excluding carboxylic acids is 1. The maximum atomic E-state index is 10.6. The fourth-order valence-corrected chi connectivity index (χ4v) is 1.54. The van der Waals surface area contributed by atoms with E-state index < -0.39 is 0 Å². The summed E-state index contributed by atoms with van der Waals surface area (Å²) >= 11 is 1.62. The van der Waals surface area contributed by atoms with Crippen molar-refractivity contribution in [1.82, 2.24) is 0 Å². The molecule has 0 atom stereocenters. The van der Waals surface area contributed by atoms with Crippen molar-refractivity contribution in [3.63, 3.8) is 0 Å². The Bertz CT molecular complexity index is 246. The van der Waals surface area contributed by atoms with Crippen LogP contribution in [0.1, 0.15) is 12.6 Å². The molecule has 0 aliphatic carbocycles. The lowest BCUT2D eigenvalue weighted by molar-refractivity contribution is -0.685. The third-order valence-corrected chi connectivity index (χ3v) is 2.13. The number of carbonyl (C=O) groups is 1. The summed E-state index contributed by atoms with van der Waals surface area (Å²) in [5, 5.41) is 2.03. The van der Waals surface area contributed by atoms with Gasteiger partial charge in [-0.1, -0.05) is 11.3 Å². The number of aryl methyl sites for hydroxylation is 1. The van der Waals surface area contributed by atoms with Gasteiger partial charge in [-0.15, -0.1) is 0 Å². The highest BCUT2D eigenvalue weighted by molar-refractivity contribution is 7.07. The Morgan fingerprint density at radius 3 is 2.73 bits per heavy atom. The maximum absolute atomic E-state index is 10.6. The van der Waals surface area contributed by atoms with Gasteiger partial charge in [-0.25, -0.2) is 0 Å². The highest BCUT2D eigenvalue weighted by atomic mass is 35.5. The Labute approximate surface area is 76.3 Å². The number of Topliss-reactive ketones (excluding diaryl/α,β-unsaturated/α-hetero) is 1. The van der Waals surface area contributed by atoms with Crippen LogP contribution < -0.4 is 17.0 Å². The van der Waals surface area contributed by atoms with Crippen molar-refractivity contribution < 1.29 is 21.8 Å². The monoisotopic (exact) mass is 191 g/mol. The first-order valence-electron chi connectivity index (χ1n) is 3.12. The second-order valence-corrected chi connectivity index (χ2v) is 3.05. The number of halogens is 1. The van der Waals surface area contributed by atoms with Crippen molar-refractivity contribution in [2.24, 2.45) is 0 Å². The van der Waals surface area contributed by atoms with Crippen LogP contribution >= 0.6 is 11.3 Å². The molecule has 1 aromatic rings. The molecule has 11 heavy (non-hydrogen) atoms. The topological polar surface area (TPSA) is 20.9 Å². The SMILES string of the molecule is CC(=O)C[n+]1cscc1C.[Cl-]. The lowest BCUT2D eigenvalue weighted by atomic mass is 10.4. The Balaban J connectivity index is 0.000001000. The summed E-state index contributed by atoms with van der Waals surface area (Å²) in [6.07, 6.45) is 0. The minimum absolute atomic E-state index is 0. The van der Waals surface area contributed by atoms with Crippen molar-refractivity contribution >= 4 is 17.1 Å². The van der Waals surface area contributed by atoms with Crippen LogP contribution in [-0.2, 0) is 11.3 Å². The molecule has 0 bridgehead atoms. The molecule has 0 saturated carbocycles. The van der Waals surface area contributed by atoms with Crippen LogP contribution in [0.25, 0.3) is 0 Å². The Morgan fingerprint density at radius 2 is 2.36 bits per heavy atom. The Kier molecular flexibility index (Phi) is 4.30. The fraction of sp³-hybridized carbons (Fsp3) is 0.429. The minimum atomic E-state index is 0. The van der Waals surface area contributed by atoms with E-state index in [0.29, 0.717) is 6.54 Å². The zero-order chi connectivity index (χ0) is 7.56. The second kappa shape index (κ2) is 4.46. The first kappa shape index (κ1) is 10.6. The van der Waals surface area contributed by atoms with Gasteiger partial charge in [0.2, 0.25) is 12.1 Å². The predicted octanol–water partition coefficient (Wildman–Crippen LogP) is -2.06. The lowest BCUT2D eigenvalue weighted by Crippen LogP contribution is -3.00.